The molecule has 2 fully saturated rings. The van der Waals surface area contributed by atoms with E-state index < -0.39 is 11.9 Å². The van der Waals surface area contributed by atoms with Gasteiger partial charge in [-0.3, -0.25) is 9.59 Å². The van der Waals surface area contributed by atoms with Crippen molar-refractivity contribution >= 4 is 61.3 Å². The summed E-state index contributed by atoms with van der Waals surface area (Å²) in [5.74, 6) is -0.0920. The Morgan fingerprint density at radius 1 is 1.15 bits per heavy atom. The molecule has 3 aromatic heterocycles. The van der Waals surface area contributed by atoms with Crippen molar-refractivity contribution in [3.63, 3.8) is 0 Å². The summed E-state index contributed by atoms with van der Waals surface area (Å²) in [7, 11) is 0. The van der Waals surface area contributed by atoms with Crippen molar-refractivity contribution < 1.29 is 14.0 Å². The fourth-order valence-electron chi connectivity index (χ4n) is 5.05. The number of likely N-dealkylation sites (tertiary alicyclic amines) is 1. The number of nitrogens with one attached hydrogen (secondary N) is 1. The van der Waals surface area contributed by atoms with Crippen LogP contribution in [0, 0.1) is 11.7 Å². The number of nitrogens with zero attached hydrogens (tertiary/aromatic N) is 5. The fourth-order valence-corrected chi connectivity index (χ4v) is 5.39. The summed E-state index contributed by atoms with van der Waals surface area (Å²) in [6.45, 7) is -0.0952. The van der Waals surface area contributed by atoms with Crippen molar-refractivity contribution in [1.29, 1.82) is 0 Å². The summed E-state index contributed by atoms with van der Waals surface area (Å²) in [5, 5.41) is 3.48. The molecular formula is C23H19BrFN7O2. The zero-order chi connectivity index (χ0) is 23.6. The monoisotopic (exact) mass is 523 g/mol. The number of benzene rings is 1. The van der Waals surface area contributed by atoms with Crippen LogP contribution >= 0.6 is 15.9 Å². The largest absolute Gasteiger partial charge is 0.383 e. The van der Waals surface area contributed by atoms with Crippen molar-refractivity contribution in [2.24, 2.45) is 5.92 Å². The lowest BCUT2D eigenvalue weighted by atomic mass is 10.1. The zero-order valence-electron chi connectivity index (χ0n) is 17.8. The molecule has 172 valence electrons. The van der Waals surface area contributed by atoms with Gasteiger partial charge >= 0.3 is 0 Å². The van der Waals surface area contributed by atoms with Gasteiger partial charge in [-0.2, -0.15) is 0 Å². The molecule has 9 nitrogen and oxygen atoms in total. The van der Waals surface area contributed by atoms with Crippen LogP contribution in [0.4, 0.5) is 16.0 Å². The second-order valence-corrected chi connectivity index (χ2v) is 9.44. The van der Waals surface area contributed by atoms with Gasteiger partial charge in [-0.1, -0.05) is 12.1 Å². The van der Waals surface area contributed by atoms with E-state index in [1.807, 2.05) is 0 Å². The zero-order valence-corrected chi connectivity index (χ0v) is 19.4. The summed E-state index contributed by atoms with van der Waals surface area (Å²) in [5.41, 5.74) is 6.93. The molecule has 1 aliphatic carbocycles. The molecule has 0 bridgehead atoms. The molecule has 0 unspecified atom stereocenters. The van der Waals surface area contributed by atoms with Gasteiger partial charge in [0.05, 0.1) is 10.9 Å². The number of piperidine rings is 1. The van der Waals surface area contributed by atoms with Crippen LogP contribution in [0.25, 0.3) is 21.9 Å². The number of nitrogens with two attached hydrogens (primary N) is 1. The molecule has 1 saturated heterocycles. The van der Waals surface area contributed by atoms with Crippen LogP contribution in [-0.4, -0.2) is 48.3 Å². The minimum Gasteiger partial charge on any atom is -0.383 e. The van der Waals surface area contributed by atoms with E-state index in [9.17, 15) is 14.0 Å². The Morgan fingerprint density at radius 3 is 2.79 bits per heavy atom. The van der Waals surface area contributed by atoms with Crippen LogP contribution in [0.15, 0.2) is 47.3 Å². The minimum atomic E-state index is -0.596. The fraction of sp³-hybridized carbons (Fsp3) is 0.261. The number of fused-ring (bicyclic) bond motifs is 4. The van der Waals surface area contributed by atoms with Gasteiger partial charge in [0, 0.05) is 11.4 Å². The number of pyridine rings is 1. The van der Waals surface area contributed by atoms with Crippen molar-refractivity contribution in [2.45, 2.75) is 31.5 Å². The van der Waals surface area contributed by atoms with Gasteiger partial charge in [0.1, 0.15) is 46.6 Å². The number of amides is 2. The third-order valence-electron chi connectivity index (χ3n) is 6.60. The molecular weight excluding hydrogens is 505 g/mol. The molecule has 34 heavy (non-hydrogen) atoms. The highest BCUT2D eigenvalue weighted by Crippen LogP contribution is 2.48. The average Bonchev–Trinajstić information content (AvgIpc) is 3.34. The van der Waals surface area contributed by atoms with Crippen molar-refractivity contribution in [3.8, 4) is 0 Å². The quantitative estimate of drug-likeness (QED) is 0.396. The molecule has 4 heterocycles. The van der Waals surface area contributed by atoms with E-state index >= 15 is 0 Å². The summed E-state index contributed by atoms with van der Waals surface area (Å²) < 4.78 is 17.0. The number of hydrogen-bond donors (Lipinski definition) is 2. The molecule has 0 spiro atoms. The van der Waals surface area contributed by atoms with E-state index in [1.165, 1.54) is 12.4 Å². The van der Waals surface area contributed by atoms with Crippen molar-refractivity contribution in [1.82, 2.24) is 24.4 Å². The lowest BCUT2D eigenvalue weighted by molar-refractivity contribution is -0.138. The van der Waals surface area contributed by atoms with Gasteiger partial charge in [-0.15, -0.1) is 0 Å². The highest BCUT2D eigenvalue weighted by Gasteiger charge is 2.56. The molecule has 11 heteroatoms. The Kier molecular flexibility index (Phi) is 4.76. The Labute approximate surface area is 201 Å². The maximum absolute atomic E-state index is 14.7. The van der Waals surface area contributed by atoms with Gasteiger partial charge in [-0.05, 0) is 59.0 Å². The molecule has 3 N–H and O–H groups in total. The van der Waals surface area contributed by atoms with Crippen LogP contribution < -0.4 is 11.1 Å². The van der Waals surface area contributed by atoms with Crippen LogP contribution in [0.2, 0.25) is 0 Å². The number of anilines is 2. The topological polar surface area (TPSA) is 119 Å². The van der Waals surface area contributed by atoms with Gasteiger partial charge in [0.25, 0.3) is 0 Å². The second-order valence-electron chi connectivity index (χ2n) is 8.63. The van der Waals surface area contributed by atoms with Gasteiger partial charge in [0.2, 0.25) is 11.8 Å². The third-order valence-corrected chi connectivity index (χ3v) is 7.04. The first-order chi connectivity index (χ1) is 16.4. The maximum Gasteiger partial charge on any atom is 0.248 e. The number of aromatic nitrogens is 4. The second kappa shape index (κ2) is 7.73. The first kappa shape index (κ1) is 21.0. The first-order valence-corrected chi connectivity index (χ1v) is 11.6. The predicted octanol–water partition coefficient (Wildman–Crippen LogP) is 3.09. The van der Waals surface area contributed by atoms with Crippen molar-refractivity contribution in [2.75, 3.05) is 11.1 Å². The molecule has 1 saturated carbocycles. The molecule has 2 amide bonds. The highest BCUT2D eigenvalue weighted by molar-refractivity contribution is 9.10. The summed E-state index contributed by atoms with van der Waals surface area (Å²) in [4.78, 5) is 40.8. The summed E-state index contributed by atoms with van der Waals surface area (Å²) in [6, 6.07) is 9.31. The highest BCUT2D eigenvalue weighted by atomic mass is 79.9. The number of carbonyl (C=O) groups is 2. The minimum absolute atomic E-state index is 0.0308. The molecule has 3 atom stereocenters. The number of halogens is 2. The molecule has 0 radical (unpaired) electrons. The third kappa shape index (κ3) is 3.30. The Balaban J connectivity index is 1.33. The van der Waals surface area contributed by atoms with Gasteiger partial charge in [-0.25, -0.2) is 19.3 Å². The normalized spacial score (nSPS) is 21.1. The number of hydrogen-bond acceptors (Lipinski definition) is 6. The lowest BCUT2D eigenvalue weighted by Gasteiger charge is -2.27. The lowest BCUT2D eigenvalue weighted by Crippen LogP contribution is -2.46. The number of carbonyl (C=O) groups excluding carboxylic acids is 2. The van der Waals surface area contributed by atoms with E-state index in [0.717, 1.165) is 6.42 Å². The van der Waals surface area contributed by atoms with Crippen molar-refractivity contribution in [3.05, 3.63) is 53.1 Å². The van der Waals surface area contributed by atoms with Crippen LogP contribution in [-0.2, 0) is 16.1 Å². The molecule has 4 aromatic rings. The van der Waals surface area contributed by atoms with E-state index in [-0.39, 0.29) is 35.6 Å². The number of rotatable bonds is 4. The van der Waals surface area contributed by atoms with Crippen LogP contribution in [0.1, 0.15) is 12.8 Å². The van der Waals surface area contributed by atoms with E-state index in [4.69, 9.17) is 5.73 Å². The Bertz CT molecular complexity index is 1430. The van der Waals surface area contributed by atoms with Gasteiger partial charge < -0.3 is 20.5 Å². The molecule has 1 aliphatic heterocycles. The van der Waals surface area contributed by atoms with Gasteiger partial charge in [0.15, 0.2) is 0 Å². The smallest absolute Gasteiger partial charge is 0.248 e. The Hall–Kier alpha value is -3.60. The summed E-state index contributed by atoms with van der Waals surface area (Å²) >= 11 is 3.29. The SMILES string of the molecule is Nc1ncnc2c1c1c(F)cccc1n2CC(=O)N1[C@@H]2C[C@@H]2C[C@H]1C(=O)Nc1cccc(Br)n1. The van der Waals surface area contributed by atoms with E-state index in [0.29, 0.717) is 39.3 Å². The van der Waals surface area contributed by atoms with Crippen LogP contribution in [0.3, 0.4) is 0 Å². The van der Waals surface area contributed by atoms with E-state index in [2.05, 4.69) is 36.2 Å². The first-order valence-electron chi connectivity index (χ1n) is 10.8. The maximum atomic E-state index is 14.7. The number of nitrogen functional groups attached to an aromatic ring is 1. The molecule has 6 rings (SSSR count). The average molecular weight is 524 g/mol. The molecule has 1 aromatic carbocycles. The standard InChI is InChI=1S/C23H19BrFN7O2/c24-16-5-2-6-17(29-16)30-23(34)15-8-11-7-14(11)32(15)18(33)9-31-13-4-1-3-12(25)19(13)20-21(26)27-10-28-22(20)31/h1-6,10-11,14-15H,7-9H2,(H2,26,27,28)(H,29,30,34)/t11-,14-,15+/m1/s1. The molecule has 2 aliphatic rings. The Morgan fingerprint density at radius 2 is 1.97 bits per heavy atom. The van der Waals surface area contributed by atoms with E-state index in [1.54, 1.807) is 39.8 Å². The van der Waals surface area contributed by atoms with Crippen LogP contribution in [0.5, 0.6) is 0 Å². The predicted molar refractivity (Wildman–Crippen MR) is 127 cm³/mol. The summed E-state index contributed by atoms with van der Waals surface area (Å²) in [6.07, 6.45) is 2.78.